The van der Waals surface area contributed by atoms with Crippen LogP contribution in [0, 0.1) is 12.3 Å². The number of ketones is 1. The van der Waals surface area contributed by atoms with Gasteiger partial charge in [0, 0.05) is 28.1 Å². The Morgan fingerprint density at radius 3 is 2.55 bits per heavy atom. The van der Waals surface area contributed by atoms with Crippen LogP contribution in [0.15, 0.2) is 59.9 Å². The molecule has 29 heavy (non-hydrogen) atoms. The maximum Gasteiger partial charge on any atom is 0.196 e. The SMILES string of the molecule is Cc1ccccc1-n1c(SCC(=O)C(C)(C)C)nnc1-c1c[nH]c2ccccc12. The zero-order valence-electron chi connectivity index (χ0n) is 17.1. The summed E-state index contributed by atoms with van der Waals surface area (Å²) in [5, 5.41) is 10.8. The molecule has 148 valence electrons. The van der Waals surface area contributed by atoms with E-state index in [4.69, 9.17) is 0 Å². The third-order valence-electron chi connectivity index (χ3n) is 4.99. The number of hydrogen-bond donors (Lipinski definition) is 1. The van der Waals surface area contributed by atoms with Gasteiger partial charge in [-0.1, -0.05) is 68.9 Å². The molecular formula is C23H24N4OS. The number of rotatable bonds is 5. The van der Waals surface area contributed by atoms with Crippen LogP contribution in [0.2, 0.25) is 0 Å². The van der Waals surface area contributed by atoms with Crippen molar-refractivity contribution in [1.29, 1.82) is 0 Å². The lowest BCUT2D eigenvalue weighted by Gasteiger charge is -2.16. The molecule has 6 heteroatoms. The number of nitrogens with zero attached hydrogens (tertiary/aromatic N) is 3. The number of carbonyl (C=O) groups is 1. The minimum Gasteiger partial charge on any atom is -0.360 e. The second kappa shape index (κ2) is 7.52. The third-order valence-corrected chi connectivity index (χ3v) is 5.92. The summed E-state index contributed by atoms with van der Waals surface area (Å²) < 4.78 is 2.06. The highest BCUT2D eigenvalue weighted by Gasteiger charge is 2.24. The first kappa shape index (κ1) is 19.5. The Balaban J connectivity index is 1.83. The lowest BCUT2D eigenvalue weighted by Crippen LogP contribution is -2.22. The van der Waals surface area contributed by atoms with E-state index in [0.717, 1.165) is 38.7 Å². The van der Waals surface area contributed by atoms with Crippen molar-refractivity contribution in [3.8, 4) is 17.1 Å². The lowest BCUT2D eigenvalue weighted by molar-refractivity contribution is -0.123. The molecule has 4 rings (SSSR count). The molecule has 0 unspecified atom stereocenters. The van der Waals surface area contributed by atoms with E-state index in [-0.39, 0.29) is 11.2 Å². The minimum atomic E-state index is -0.375. The number of carbonyl (C=O) groups excluding carboxylic acids is 1. The van der Waals surface area contributed by atoms with Gasteiger partial charge in [-0.3, -0.25) is 9.36 Å². The number of para-hydroxylation sites is 2. The fourth-order valence-electron chi connectivity index (χ4n) is 3.17. The highest BCUT2D eigenvalue weighted by molar-refractivity contribution is 7.99. The Morgan fingerprint density at radius 2 is 1.79 bits per heavy atom. The Morgan fingerprint density at radius 1 is 1.07 bits per heavy atom. The van der Waals surface area contributed by atoms with Gasteiger partial charge in [-0.25, -0.2) is 0 Å². The van der Waals surface area contributed by atoms with Crippen molar-refractivity contribution in [1.82, 2.24) is 19.7 Å². The Labute approximate surface area is 174 Å². The highest BCUT2D eigenvalue weighted by Crippen LogP contribution is 2.33. The fraction of sp³-hybridized carbons (Fsp3) is 0.261. The monoisotopic (exact) mass is 404 g/mol. The molecule has 0 fully saturated rings. The van der Waals surface area contributed by atoms with Crippen molar-refractivity contribution in [2.45, 2.75) is 32.9 Å². The number of Topliss-reactive ketones (excluding diaryl/α,β-unsaturated/α-hetero) is 1. The van der Waals surface area contributed by atoms with Crippen molar-refractivity contribution < 1.29 is 4.79 Å². The first-order valence-corrected chi connectivity index (χ1v) is 10.6. The van der Waals surface area contributed by atoms with Gasteiger partial charge in [-0.15, -0.1) is 10.2 Å². The van der Waals surface area contributed by atoms with E-state index < -0.39 is 0 Å². The summed E-state index contributed by atoms with van der Waals surface area (Å²) in [6.07, 6.45) is 1.97. The molecule has 5 nitrogen and oxygen atoms in total. The predicted molar refractivity (Wildman–Crippen MR) is 119 cm³/mol. The molecule has 0 saturated heterocycles. The second-order valence-corrected chi connectivity index (χ2v) is 9.08. The first-order valence-electron chi connectivity index (χ1n) is 9.60. The Bertz CT molecular complexity index is 1180. The molecule has 0 radical (unpaired) electrons. The molecule has 0 spiro atoms. The summed E-state index contributed by atoms with van der Waals surface area (Å²) in [6, 6.07) is 16.3. The number of H-pyrrole nitrogens is 1. The predicted octanol–water partition coefficient (Wildman–Crippen LogP) is 5.43. The van der Waals surface area contributed by atoms with E-state index in [2.05, 4.69) is 44.9 Å². The van der Waals surface area contributed by atoms with Crippen molar-refractivity contribution in [3.63, 3.8) is 0 Å². The fourth-order valence-corrected chi connectivity index (χ4v) is 4.28. The second-order valence-electron chi connectivity index (χ2n) is 8.14. The van der Waals surface area contributed by atoms with Crippen molar-refractivity contribution in [2.75, 3.05) is 5.75 Å². The van der Waals surface area contributed by atoms with Crippen LogP contribution in [-0.4, -0.2) is 31.3 Å². The normalized spacial score (nSPS) is 11.9. The van der Waals surface area contributed by atoms with Crippen LogP contribution in [0.3, 0.4) is 0 Å². The van der Waals surface area contributed by atoms with Crippen LogP contribution in [0.4, 0.5) is 0 Å². The number of thioether (sulfide) groups is 1. The molecule has 0 amide bonds. The molecule has 0 aliphatic heterocycles. The van der Waals surface area contributed by atoms with Crippen LogP contribution in [0.5, 0.6) is 0 Å². The van der Waals surface area contributed by atoms with Gasteiger partial charge in [0.05, 0.1) is 11.4 Å². The first-order chi connectivity index (χ1) is 13.9. The smallest absolute Gasteiger partial charge is 0.196 e. The molecule has 0 aliphatic rings. The molecule has 0 bridgehead atoms. The largest absolute Gasteiger partial charge is 0.360 e. The van der Waals surface area contributed by atoms with Gasteiger partial charge in [0.15, 0.2) is 11.0 Å². The topological polar surface area (TPSA) is 63.6 Å². The summed E-state index contributed by atoms with van der Waals surface area (Å²) in [7, 11) is 0. The average Bonchev–Trinajstić information content (AvgIpc) is 3.29. The molecular weight excluding hydrogens is 380 g/mol. The molecule has 0 saturated carbocycles. The zero-order chi connectivity index (χ0) is 20.6. The maximum atomic E-state index is 12.5. The summed E-state index contributed by atoms with van der Waals surface area (Å²) in [4.78, 5) is 15.8. The standard InChI is InChI=1S/C23H24N4OS/c1-15-9-5-8-12-19(15)27-21(17-13-24-18-11-7-6-10-16(17)18)25-26-22(27)29-14-20(28)23(2,3)4/h5-13,24H,14H2,1-4H3. The molecule has 2 aromatic carbocycles. The van der Waals surface area contributed by atoms with Crippen LogP contribution in [0.1, 0.15) is 26.3 Å². The number of nitrogens with one attached hydrogen (secondary N) is 1. The number of aryl methyl sites for hydroxylation is 1. The number of aromatic amines is 1. The van der Waals surface area contributed by atoms with Gasteiger partial charge >= 0.3 is 0 Å². The summed E-state index contributed by atoms with van der Waals surface area (Å²) in [6.45, 7) is 7.90. The number of fused-ring (bicyclic) bond motifs is 1. The van der Waals surface area contributed by atoms with Crippen LogP contribution >= 0.6 is 11.8 Å². The molecule has 2 heterocycles. The van der Waals surface area contributed by atoms with Gasteiger partial charge in [0.2, 0.25) is 0 Å². The molecule has 0 atom stereocenters. The van der Waals surface area contributed by atoms with Crippen LogP contribution in [-0.2, 0) is 4.79 Å². The Hall–Kier alpha value is -2.86. The molecule has 2 aromatic heterocycles. The van der Waals surface area contributed by atoms with E-state index in [9.17, 15) is 4.79 Å². The van der Waals surface area contributed by atoms with E-state index >= 15 is 0 Å². The van der Waals surface area contributed by atoms with Crippen molar-refractivity contribution >= 4 is 28.4 Å². The third kappa shape index (κ3) is 3.72. The van der Waals surface area contributed by atoms with E-state index in [1.807, 2.05) is 57.3 Å². The van der Waals surface area contributed by atoms with Gasteiger partial charge in [-0.05, 0) is 24.6 Å². The maximum absolute atomic E-state index is 12.5. The Kier molecular flexibility index (Phi) is 5.04. The summed E-state index contributed by atoms with van der Waals surface area (Å²) >= 11 is 1.44. The van der Waals surface area contributed by atoms with Gasteiger partial charge in [-0.2, -0.15) is 0 Å². The van der Waals surface area contributed by atoms with Gasteiger partial charge in [0.1, 0.15) is 5.78 Å². The van der Waals surface area contributed by atoms with Crippen LogP contribution < -0.4 is 0 Å². The lowest BCUT2D eigenvalue weighted by atomic mass is 9.92. The van der Waals surface area contributed by atoms with Crippen LogP contribution in [0.25, 0.3) is 28.0 Å². The van der Waals surface area contributed by atoms with Crippen molar-refractivity contribution in [3.05, 3.63) is 60.3 Å². The number of benzene rings is 2. The highest BCUT2D eigenvalue weighted by atomic mass is 32.2. The van der Waals surface area contributed by atoms with Crippen molar-refractivity contribution in [2.24, 2.45) is 5.41 Å². The van der Waals surface area contributed by atoms with Gasteiger partial charge < -0.3 is 4.98 Å². The quantitative estimate of drug-likeness (QED) is 0.450. The molecule has 1 N–H and O–H groups in total. The minimum absolute atomic E-state index is 0.190. The average molecular weight is 405 g/mol. The van der Waals surface area contributed by atoms with E-state index in [1.54, 1.807) is 0 Å². The summed E-state index contributed by atoms with van der Waals surface area (Å²) in [5.74, 6) is 1.32. The number of hydrogen-bond acceptors (Lipinski definition) is 4. The van der Waals surface area contributed by atoms with E-state index in [1.165, 1.54) is 11.8 Å². The van der Waals surface area contributed by atoms with Gasteiger partial charge in [0.25, 0.3) is 0 Å². The molecule has 0 aliphatic carbocycles. The zero-order valence-corrected chi connectivity index (χ0v) is 17.9. The summed E-state index contributed by atoms with van der Waals surface area (Å²) in [5.41, 5.74) is 3.81. The molecule has 4 aromatic rings. The van der Waals surface area contributed by atoms with E-state index in [0.29, 0.717) is 5.75 Å². The number of aromatic nitrogens is 4.